The molecule has 0 aliphatic heterocycles. The van der Waals surface area contributed by atoms with Crippen LogP contribution in [0.15, 0.2) is 42.6 Å². The van der Waals surface area contributed by atoms with E-state index in [9.17, 15) is 0 Å². The van der Waals surface area contributed by atoms with E-state index in [1.807, 2.05) is 25.3 Å². The fraction of sp³-hybridized carbons (Fsp3) is 0.455. The van der Waals surface area contributed by atoms with Crippen molar-refractivity contribution in [3.05, 3.63) is 59.8 Å². The number of pyridine rings is 1. The van der Waals surface area contributed by atoms with Crippen LogP contribution in [-0.4, -0.2) is 21.1 Å². The number of aromatic amines is 1. The predicted octanol–water partition coefficient (Wildman–Crippen LogP) is 5.15. The van der Waals surface area contributed by atoms with Gasteiger partial charge in [-0.05, 0) is 43.7 Å². The van der Waals surface area contributed by atoms with Crippen molar-refractivity contribution in [2.24, 2.45) is 5.41 Å². The lowest BCUT2D eigenvalue weighted by Crippen LogP contribution is -2.34. The van der Waals surface area contributed by atoms with Gasteiger partial charge in [0.05, 0.1) is 29.6 Å². The van der Waals surface area contributed by atoms with Crippen LogP contribution >= 0.6 is 0 Å². The van der Waals surface area contributed by atoms with Gasteiger partial charge >= 0.3 is 0 Å². The molecule has 1 saturated carbocycles. The molecule has 2 atom stereocenters. The average Bonchev–Trinajstić information content (AvgIpc) is 3.06. The molecule has 2 heterocycles. The summed E-state index contributed by atoms with van der Waals surface area (Å²) in [7, 11) is 0. The van der Waals surface area contributed by atoms with E-state index in [0.717, 1.165) is 35.6 Å². The van der Waals surface area contributed by atoms with Crippen molar-refractivity contribution in [1.82, 2.24) is 15.0 Å². The zero-order valence-corrected chi connectivity index (χ0v) is 15.8. The van der Waals surface area contributed by atoms with Crippen LogP contribution in [-0.2, 0) is 11.3 Å². The Hall–Kier alpha value is -2.20. The quantitative estimate of drug-likeness (QED) is 0.709. The third-order valence-corrected chi connectivity index (χ3v) is 5.53. The maximum Gasteiger partial charge on any atom is 0.103 e. The van der Waals surface area contributed by atoms with E-state index in [4.69, 9.17) is 14.7 Å². The van der Waals surface area contributed by atoms with Gasteiger partial charge in [0.2, 0.25) is 0 Å². The number of hydrogen-bond acceptors (Lipinski definition) is 3. The van der Waals surface area contributed by atoms with E-state index in [1.54, 1.807) is 0 Å². The monoisotopic (exact) mass is 349 g/mol. The van der Waals surface area contributed by atoms with Gasteiger partial charge in [0.1, 0.15) is 5.82 Å². The van der Waals surface area contributed by atoms with Crippen LogP contribution in [0, 0.1) is 12.3 Å². The van der Waals surface area contributed by atoms with E-state index in [0.29, 0.717) is 17.9 Å². The Balaban J connectivity index is 1.51. The molecule has 1 aliphatic rings. The standard InChI is InChI=1S/C22H27N3O/c1-15-23-13-20(24-15)18-12-22(2,3)11-10-21(18)26-14-17-9-8-16-6-4-5-7-19(16)25-17/h4-9,13,18,21H,10-12,14H2,1-3H3,(H,23,24). The normalized spacial score (nSPS) is 22.6. The van der Waals surface area contributed by atoms with E-state index in [-0.39, 0.29) is 6.10 Å². The Morgan fingerprint density at radius 1 is 1.15 bits per heavy atom. The Labute approximate surface area is 155 Å². The zero-order chi connectivity index (χ0) is 18.1. The second-order valence-corrected chi connectivity index (χ2v) is 8.27. The van der Waals surface area contributed by atoms with Crippen LogP contribution in [0.3, 0.4) is 0 Å². The van der Waals surface area contributed by atoms with E-state index < -0.39 is 0 Å². The van der Waals surface area contributed by atoms with Crippen molar-refractivity contribution in [2.75, 3.05) is 0 Å². The molecule has 1 N–H and O–H groups in total. The number of fused-ring (bicyclic) bond motifs is 1. The van der Waals surface area contributed by atoms with Gasteiger partial charge in [-0.1, -0.05) is 38.1 Å². The minimum atomic E-state index is 0.194. The molecule has 2 unspecified atom stereocenters. The summed E-state index contributed by atoms with van der Waals surface area (Å²) in [5, 5.41) is 1.17. The van der Waals surface area contributed by atoms with Gasteiger partial charge in [-0.3, -0.25) is 4.98 Å². The summed E-state index contributed by atoms with van der Waals surface area (Å²) in [6, 6.07) is 12.4. The van der Waals surface area contributed by atoms with E-state index >= 15 is 0 Å². The fourth-order valence-electron chi connectivity index (χ4n) is 4.07. The topological polar surface area (TPSA) is 50.8 Å². The summed E-state index contributed by atoms with van der Waals surface area (Å²) in [6.07, 6.45) is 5.60. The lowest BCUT2D eigenvalue weighted by Gasteiger charge is -2.40. The first-order chi connectivity index (χ1) is 12.5. The number of aryl methyl sites for hydroxylation is 1. The second-order valence-electron chi connectivity index (χ2n) is 8.27. The Kier molecular flexibility index (Phi) is 4.53. The Morgan fingerprint density at radius 2 is 2.00 bits per heavy atom. The van der Waals surface area contributed by atoms with Gasteiger partial charge in [-0.25, -0.2) is 4.98 Å². The number of para-hydroxylation sites is 1. The van der Waals surface area contributed by atoms with Gasteiger partial charge in [0.25, 0.3) is 0 Å². The van der Waals surface area contributed by atoms with Crippen molar-refractivity contribution in [1.29, 1.82) is 0 Å². The van der Waals surface area contributed by atoms with Crippen molar-refractivity contribution < 1.29 is 4.74 Å². The van der Waals surface area contributed by atoms with Crippen molar-refractivity contribution in [3.8, 4) is 0 Å². The summed E-state index contributed by atoms with van der Waals surface area (Å²) in [5.41, 5.74) is 3.48. The van der Waals surface area contributed by atoms with Crippen LogP contribution in [0.25, 0.3) is 10.9 Å². The number of aromatic nitrogens is 3. The summed E-state index contributed by atoms with van der Waals surface area (Å²) in [4.78, 5) is 12.7. The number of imidazole rings is 1. The first-order valence-corrected chi connectivity index (χ1v) is 9.48. The number of benzene rings is 1. The third-order valence-electron chi connectivity index (χ3n) is 5.53. The highest BCUT2D eigenvalue weighted by Gasteiger charge is 2.37. The van der Waals surface area contributed by atoms with Gasteiger partial charge < -0.3 is 9.72 Å². The average molecular weight is 349 g/mol. The molecule has 136 valence electrons. The molecule has 0 radical (unpaired) electrons. The molecule has 1 fully saturated rings. The second kappa shape index (κ2) is 6.84. The molecule has 1 aromatic carbocycles. The van der Waals surface area contributed by atoms with Crippen molar-refractivity contribution >= 4 is 10.9 Å². The lowest BCUT2D eigenvalue weighted by molar-refractivity contribution is -0.0239. The number of H-pyrrole nitrogens is 1. The SMILES string of the molecule is Cc1nc(C2CC(C)(C)CCC2OCc2ccc3ccccc3n2)c[nH]1. The third kappa shape index (κ3) is 3.65. The van der Waals surface area contributed by atoms with Gasteiger partial charge in [-0.15, -0.1) is 0 Å². The summed E-state index contributed by atoms with van der Waals surface area (Å²) in [5.74, 6) is 1.31. The summed E-state index contributed by atoms with van der Waals surface area (Å²) >= 11 is 0. The van der Waals surface area contributed by atoms with Crippen molar-refractivity contribution in [3.63, 3.8) is 0 Å². The lowest BCUT2D eigenvalue weighted by atomic mass is 9.70. The molecule has 1 aliphatic carbocycles. The van der Waals surface area contributed by atoms with Crippen LogP contribution in [0.1, 0.15) is 56.2 Å². The first-order valence-electron chi connectivity index (χ1n) is 9.48. The Morgan fingerprint density at radius 3 is 2.81 bits per heavy atom. The van der Waals surface area contributed by atoms with E-state index in [1.165, 1.54) is 11.8 Å². The largest absolute Gasteiger partial charge is 0.371 e. The molecule has 0 amide bonds. The van der Waals surface area contributed by atoms with E-state index in [2.05, 4.69) is 43.1 Å². The smallest absolute Gasteiger partial charge is 0.103 e. The summed E-state index contributed by atoms with van der Waals surface area (Å²) < 4.78 is 6.37. The zero-order valence-electron chi connectivity index (χ0n) is 15.8. The summed E-state index contributed by atoms with van der Waals surface area (Å²) in [6.45, 7) is 7.25. The Bertz CT molecular complexity index is 899. The predicted molar refractivity (Wildman–Crippen MR) is 104 cm³/mol. The molecule has 0 saturated heterocycles. The highest BCUT2D eigenvalue weighted by Crippen LogP contribution is 2.44. The van der Waals surface area contributed by atoms with Crippen LogP contribution < -0.4 is 0 Å². The highest BCUT2D eigenvalue weighted by atomic mass is 16.5. The van der Waals surface area contributed by atoms with Crippen LogP contribution in [0.2, 0.25) is 0 Å². The molecular formula is C22H27N3O. The van der Waals surface area contributed by atoms with Gasteiger partial charge in [-0.2, -0.15) is 0 Å². The highest BCUT2D eigenvalue weighted by molar-refractivity contribution is 5.78. The molecule has 4 nitrogen and oxygen atoms in total. The molecular weight excluding hydrogens is 322 g/mol. The maximum absolute atomic E-state index is 6.37. The molecule has 4 rings (SSSR count). The maximum atomic E-state index is 6.37. The number of rotatable bonds is 4. The minimum absolute atomic E-state index is 0.194. The molecule has 0 spiro atoms. The van der Waals surface area contributed by atoms with Gasteiger partial charge in [0, 0.05) is 17.5 Å². The fourth-order valence-corrected chi connectivity index (χ4v) is 4.07. The number of hydrogen-bond donors (Lipinski definition) is 1. The van der Waals surface area contributed by atoms with Crippen LogP contribution in [0.5, 0.6) is 0 Å². The number of ether oxygens (including phenoxy) is 1. The number of nitrogens with zero attached hydrogens (tertiary/aromatic N) is 2. The molecule has 0 bridgehead atoms. The molecule has 2 aromatic heterocycles. The van der Waals surface area contributed by atoms with Crippen molar-refractivity contribution in [2.45, 2.75) is 58.7 Å². The first kappa shape index (κ1) is 17.2. The van der Waals surface area contributed by atoms with Gasteiger partial charge in [0.15, 0.2) is 0 Å². The molecule has 3 aromatic rings. The minimum Gasteiger partial charge on any atom is -0.371 e. The number of nitrogens with one attached hydrogen (secondary N) is 1. The van der Waals surface area contributed by atoms with Crippen LogP contribution in [0.4, 0.5) is 0 Å². The molecule has 4 heteroatoms. The molecule has 26 heavy (non-hydrogen) atoms.